The van der Waals surface area contributed by atoms with Crippen LogP contribution in [-0.2, 0) is 15.7 Å². The van der Waals surface area contributed by atoms with E-state index >= 15 is 0 Å². The minimum Gasteiger partial charge on any atom is -0.192 e. The van der Waals surface area contributed by atoms with Crippen LogP contribution in [0.15, 0.2) is 24.3 Å². The Labute approximate surface area is 76.3 Å². The molecule has 1 atom stereocenters. The molecule has 0 bridgehead atoms. The lowest BCUT2D eigenvalue weighted by molar-refractivity contribution is 0.272. The van der Waals surface area contributed by atoms with Crippen molar-refractivity contribution in [1.29, 1.82) is 5.26 Å². The maximum Gasteiger partial charge on any atom is 0.695 e. The molecular weight excluding hydrogens is 189 g/mol. The Balaban J connectivity index is 2.68. The number of nitrogens with zero attached hydrogens (tertiary/aromatic N) is 1. The second kappa shape index (κ2) is 4.68. The van der Waals surface area contributed by atoms with Crippen molar-refractivity contribution in [2.24, 2.45) is 0 Å². The highest BCUT2D eigenvalue weighted by atomic mass is 31.1. The van der Waals surface area contributed by atoms with Gasteiger partial charge in [0.05, 0.1) is 11.6 Å². The van der Waals surface area contributed by atoms with Gasteiger partial charge in [0, 0.05) is 4.57 Å². The Hall–Kier alpha value is -1.27. The van der Waals surface area contributed by atoms with Crippen molar-refractivity contribution in [3.05, 3.63) is 35.4 Å². The van der Waals surface area contributed by atoms with E-state index < -0.39 is 8.25 Å². The Morgan fingerprint density at radius 1 is 1.62 bits per heavy atom. The van der Waals surface area contributed by atoms with E-state index in [-0.39, 0.29) is 6.61 Å². The molecule has 0 aliphatic carbocycles. The Bertz CT molecular complexity index is 359. The molecule has 1 rings (SSSR count). The lowest BCUT2D eigenvalue weighted by Crippen LogP contribution is -1.86. The average molecular weight is 196 g/mol. The molecule has 0 fully saturated rings. The average Bonchev–Trinajstić information content (AvgIpc) is 2.15. The maximum atomic E-state index is 10.2. The minimum absolute atomic E-state index is 0.0429. The van der Waals surface area contributed by atoms with Crippen LogP contribution in [0.5, 0.6) is 0 Å². The summed E-state index contributed by atoms with van der Waals surface area (Å²) >= 11 is 0. The Morgan fingerprint density at radius 2 is 2.38 bits per heavy atom. The van der Waals surface area contributed by atoms with Crippen LogP contribution in [0.25, 0.3) is 0 Å². The number of hydrogen-bond donors (Lipinski definition) is 1. The molecule has 5 heteroatoms. The first-order valence-corrected chi connectivity index (χ1v) is 4.63. The van der Waals surface area contributed by atoms with E-state index in [1.165, 1.54) is 0 Å². The van der Waals surface area contributed by atoms with Crippen molar-refractivity contribution in [1.82, 2.24) is 0 Å². The van der Waals surface area contributed by atoms with Gasteiger partial charge in [-0.3, -0.25) is 0 Å². The molecule has 4 nitrogen and oxygen atoms in total. The monoisotopic (exact) mass is 196 g/mol. The third-order valence-corrected chi connectivity index (χ3v) is 1.75. The largest absolute Gasteiger partial charge is 0.695 e. The minimum atomic E-state index is -2.57. The van der Waals surface area contributed by atoms with Crippen LogP contribution >= 0.6 is 8.25 Å². The molecule has 0 heterocycles. The molecule has 0 spiro atoms. The summed E-state index contributed by atoms with van der Waals surface area (Å²) in [6.07, 6.45) is 0. The summed E-state index contributed by atoms with van der Waals surface area (Å²) in [5.74, 6) is 0. The van der Waals surface area contributed by atoms with Gasteiger partial charge < -0.3 is 0 Å². The number of hydrogen-bond acceptors (Lipinski definition) is 3. The molecule has 1 aromatic rings. The van der Waals surface area contributed by atoms with Gasteiger partial charge in [-0.1, -0.05) is 12.1 Å². The molecule has 0 radical (unpaired) electrons. The Kier molecular flexibility index (Phi) is 3.53. The smallest absolute Gasteiger partial charge is 0.192 e. The second-order valence-electron chi connectivity index (χ2n) is 2.32. The quantitative estimate of drug-likeness (QED) is 0.747. The fourth-order valence-electron chi connectivity index (χ4n) is 0.860. The normalized spacial score (nSPS) is 10.6. The standard InChI is InChI=1S/C8H6NO3P/c9-5-7-2-1-3-8(4-7)6-12-13(10)11/h1-4H,6H2/p+1. The predicted octanol–water partition coefficient (Wildman–Crippen LogP) is 1.72. The highest BCUT2D eigenvalue weighted by Crippen LogP contribution is 2.18. The summed E-state index contributed by atoms with van der Waals surface area (Å²) in [6.45, 7) is 0.0429. The molecule has 0 aliphatic rings. The first kappa shape index (κ1) is 9.82. The zero-order chi connectivity index (χ0) is 9.68. The van der Waals surface area contributed by atoms with Crippen LogP contribution in [0.4, 0.5) is 0 Å². The second-order valence-corrected chi connectivity index (χ2v) is 3.06. The van der Waals surface area contributed by atoms with Gasteiger partial charge in [-0.15, -0.1) is 9.42 Å². The van der Waals surface area contributed by atoms with Crippen LogP contribution in [0.2, 0.25) is 0 Å². The molecule has 1 N–H and O–H groups in total. The number of nitriles is 1. The Morgan fingerprint density at radius 3 is 3.00 bits per heavy atom. The van der Waals surface area contributed by atoms with Gasteiger partial charge in [0.25, 0.3) is 0 Å². The van der Waals surface area contributed by atoms with Gasteiger partial charge in [-0.25, -0.2) is 0 Å². The van der Waals surface area contributed by atoms with Crippen LogP contribution in [0.3, 0.4) is 0 Å². The number of benzene rings is 1. The molecule has 1 unspecified atom stereocenters. The van der Waals surface area contributed by atoms with Crippen molar-refractivity contribution in [3.63, 3.8) is 0 Å². The summed E-state index contributed by atoms with van der Waals surface area (Å²) in [5, 5.41) is 8.54. The summed E-state index contributed by atoms with van der Waals surface area (Å²) in [5.41, 5.74) is 1.21. The molecule has 0 aromatic heterocycles. The summed E-state index contributed by atoms with van der Waals surface area (Å²) < 4.78 is 14.7. The maximum absolute atomic E-state index is 10.2. The van der Waals surface area contributed by atoms with Gasteiger partial charge in [-0.05, 0) is 17.7 Å². The summed E-state index contributed by atoms with van der Waals surface area (Å²) in [4.78, 5) is 8.36. The van der Waals surface area contributed by atoms with Gasteiger partial charge in [0.1, 0.15) is 6.61 Å². The SMILES string of the molecule is N#Cc1cccc(CO[P+](=O)O)c1. The first-order valence-electron chi connectivity index (χ1n) is 3.50. The zero-order valence-corrected chi connectivity index (χ0v) is 7.57. The molecule has 0 aliphatic heterocycles. The fourth-order valence-corrected chi connectivity index (χ4v) is 1.12. The summed E-state index contributed by atoms with van der Waals surface area (Å²) in [7, 11) is -2.57. The van der Waals surface area contributed by atoms with Crippen molar-refractivity contribution >= 4 is 8.25 Å². The lowest BCUT2D eigenvalue weighted by atomic mass is 10.1. The van der Waals surface area contributed by atoms with E-state index in [9.17, 15) is 4.57 Å². The first-order chi connectivity index (χ1) is 6.22. The van der Waals surface area contributed by atoms with Gasteiger partial charge in [0.15, 0.2) is 0 Å². The van der Waals surface area contributed by atoms with Crippen LogP contribution in [-0.4, -0.2) is 4.89 Å². The molecule has 0 saturated heterocycles. The molecular formula is C8H7NO3P+. The molecule has 1 aromatic carbocycles. The van der Waals surface area contributed by atoms with E-state index in [1.54, 1.807) is 24.3 Å². The van der Waals surface area contributed by atoms with E-state index in [1.807, 2.05) is 6.07 Å². The van der Waals surface area contributed by atoms with E-state index in [0.717, 1.165) is 0 Å². The van der Waals surface area contributed by atoms with Gasteiger partial charge in [0.2, 0.25) is 0 Å². The van der Waals surface area contributed by atoms with Crippen LogP contribution < -0.4 is 0 Å². The van der Waals surface area contributed by atoms with Crippen molar-refractivity contribution in [2.75, 3.05) is 0 Å². The van der Waals surface area contributed by atoms with Gasteiger partial charge in [-0.2, -0.15) is 5.26 Å². The lowest BCUT2D eigenvalue weighted by Gasteiger charge is -1.94. The summed E-state index contributed by atoms with van der Waals surface area (Å²) in [6, 6.07) is 8.65. The van der Waals surface area contributed by atoms with E-state index in [4.69, 9.17) is 10.2 Å². The zero-order valence-electron chi connectivity index (χ0n) is 6.67. The molecule has 13 heavy (non-hydrogen) atoms. The highest BCUT2D eigenvalue weighted by molar-refractivity contribution is 7.32. The third kappa shape index (κ3) is 3.30. The molecule has 0 amide bonds. The van der Waals surface area contributed by atoms with Crippen LogP contribution in [0.1, 0.15) is 11.1 Å². The van der Waals surface area contributed by atoms with E-state index in [2.05, 4.69) is 4.52 Å². The van der Waals surface area contributed by atoms with Gasteiger partial charge >= 0.3 is 8.25 Å². The van der Waals surface area contributed by atoms with E-state index in [0.29, 0.717) is 11.1 Å². The molecule has 0 saturated carbocycles. The third-order valence-electron chi connectivity index (χ3n) is 1.40. The predicted molar refractivity (Wildman–Crippen MR) is 45.8 cm³/mol. The van der Waals surface area contributed by atoms with Crippen molar-refractivity contribution in [3.8, 4) is 6.07 Å². The van der Waals surface area contributed by atoms with Crippen LogP contribution in [0, 0.1) is 11.3 Å². The number of rotatable bonds is 3. The molecule has 66 valence electrons. The topological polar surface area (TPSA) is 70.3 Å². The van der Waals surface area contributed by atoms with Crippen molar-refractivity contribution < 1.29 is 14.0 Å². The van der Waals surface area contributed by atoms with Crippen molar-refractivity contribution in [2.45, 2.75) is 6.61 Å². The fraction of sp³-hybridized carbons (Fsp3) is 0.125. The highest BCUT2D eigenvalue weighted by Gasteiger charge is 2.11.